The van der Waals surface area contributed by atoms with Crippen LogP contribution in [0, 0.1) is 13.8 Å². The van der Waals surface area contributed by atoms with E-state index < -0.39 is 5.97 Å². The van der Waals surface area contributed by atoms with Gasteiger partial charge in [0.05, 0.1) is 5.75 Å². The van der Waals surface area contributed by atoms with Gasteiger partial charge in [-0.25, -0.2) is 0 Å². The molecule has 0 heterocycles. The average Bonchev–Trinajstić information content (AvgIpc) is 2.40. The number of carbonyl (C=O) groups is 2. The zero-order chi connectivity index (χ0) is 16.0. The SMILES string of the molecule is C=CCN(CC(=O)O)C(=O)CSc1cc(C)c(Br)cc1C. The quantitative estimate of drug-likeness (QED) is 0.590. The number of nitrogens with zero attached hydrogens (tertiary/aromatic N) is 1. The first-order chi connectivity index (χ1) is 9.85. The van der Waals surface area contributed by atoms with E-state index in [0.717, 1.165) is 20.5 Å². The molecule has 1 amide bonds. The molecule has 0 radical (unpaired) electrons. The molecule has 1 N–H and O–H groups in total. The first-order valence-electron chi connectivity index (χ1n) is 6.35. The normalized spacial score (nSPS) is 10.2. The van der Waals surface area contributed by atoms with Crippen molar-refractivity contribution in [1.82, 2.24) is 4.90 Å². The monoisotopic (exact) mass is 371 g/mol. The number of carboxylic acid groups (broad SMARTS) is 1. The van der Waals surface area contributed by atoms with Gasteiger partial charge in [-0.05, 0) is 37.1 Å². The number of carboxylic acids is 1. The Kier molecular flexibility index (Phi) is 6.98. The summed E-state index contributed by atoms with van der Waals surface area (Å²) in [7, 11) is 0. The van der Waals surface area contributed by atoms with Gasteiger partial charge in [-0.2, -0.15) is 0 Å². The van der Waals surface area contributed by atoms with Gasteiger partial charge in [0.2, 0.25) is 5.91 Å². The summed E-state index contributed by atoms with van der Waals surface area (Å²) in [6.07, 6.45) is 1.53. The molecule has 6 heteroatoms. The van der Waals surface area contributed by atoms with Gasteiger partial charge in [-0.1, -0.05) is 22.0 Å². The van der Waals surface area contributed by atoms with E-state index in [1.807, 2.05) is 26.0 Å². The lowest BCUT2D eigenvalue weighted by Crippen LogP contribution is -2.36. The molecule has 0 fully saturated rings. The lowest BCUT2D eigenvalue weighted by atomic mass is 10.2. The van der Waals surface area contributed by atoms with Crippen LogP contribution in [0.1, 0.15) is 11.1 Å². The first-order valence-corrected chi connectivity index (χ1v) is 8.13. The largest absolute Gasteiger partial charge is 0.480 e. The lowest BCUT2D eigenvalue weighted by molar-refractivity contribution is -0.143. The number of hydrogen-bond acceptors (Lipinski definition) is 3. The number of thioether (sulfide) groups is 1. The molecular formula is C15H18BrNO3S. The molecule has 1 aromatic carbocycles. The van der Waals surface area contributed by atoms with Crippen molar-refractivity contribution in [3.05, 3.63) is 40.4 Å². The van der Waals surface area contributed by atoms with Crippen LogP contribution in [-0.2, 0) is 9.59 Å². The highest BCUT2D eigenvalue weighted by atomic mass is 79.9. The summed E-state index contributed by atoms with van der Waals surface area (Å²) in [4.78, 5) is 25.2. The Morgan fingerprint density at radius 1 is 1.38 bits per heavy atom. The van der Waals surface area contributed by atoms with Crippen LogP contribution in [0.25, 0.3) is 0 Å². The van der Waals surface area contributed by atoms with Crippen molar-refractivity contribution in [2.45, 2.75) is 18.7 Å². The Bertz CT molecular complexity index is 560. The van der Waals surface area contributed by atoms with Crippen molar-refractivity contribution >= 4 is 39.6 Å². The maximum absolute atomic E-state index is 12.1. The molecule has 0 saturated carbocycles. The summed E-state index contributed by atoms with van der Waals surface area (Å²) in [5.41, 5.74) is 2.18. The first kappa shape index (κ1) is 17.8. The molecular weight excluding hydrogens is 354 g/mol. The number of carbonyl (C=O) groups excluding carboxylic acids is 1. The lowest BCUT2D eigenvalue weighted by Gasteiger charge is -2.19. The van der Waals surface area contributed by atoms with Gasteiger partial charge in [0, 0.05) is 15.9 Å². The molecule has 4 nitrogen and oxygen atoms in total. The summed E-state index contributed by atoms with van der Waals surface area (Å²) >= 11 is 4.89. The van der Waals surface area contributed by atoms with Crippen LogP contribution in [0.15, 0.2) is 34.2 Å². The van der Waals surface area contributed by atoms with E-state index in [0.29, 0.717) is 0 Å². The van der Waals surface area contributed by atoms with Crippen LogP contribution < -0.4 is 0 Å². The fourth-order valence-electron chi connectivity index (χ4n) is 1.71. The van der Waals surface area contributed by atoms with Gasteiger partial charge in [-0.3, -0.25) is 9.59 Å². The van der Waals surface area contributed by atoms with Gasteiger partial charge in [0.15, 0.2) is 0 Å². The molecule has 0 aromatic heterocycles. The molecule has 0 spiro atoms. The Balaban J connectivity index is 2.72. The minimum Gasteiger partial charge on any atom is -0.480 e. The zero-order valence-corrected chi connectivity index (χ0v) is 14.5. The third-order valence-corrected chi connectivity index (χ3v) is 4.83. The van der Waals surface area contributed by atoms with Crippen LogP contribution in [0.3, 0.4) is 0 Å². The van der Waals surface area contributed by atoms with Crippen LogP contribution in [-0.4, -0.2) is 40.7 Å². The van der Waals surface area contributed by atoms with E-state index in [2.05, 4.69) is 22.5 Å². The van der Waals surface area contributed by atoms with Crippen molar-refractivity contribution in [3.8, 4) is 0 Å². The average molecular weight is 372 g/mol. The molecule has 0 aliphatic carbocycles. The predicted octanol–water partition coefficient (Wildman–Crippen LogP) is 3.26. The van der Waals surface area contributed by atoms with Gasteiger partial charge in [-0.15, -0.1) is 18.3 Å². The topological polar surface area (TPSA) is 57.6 Å². The standard InChI is InChI=1S/C15H18BrNO3S/c1-4-5-17(8-15(19)20)14(18)9-21-13-7-10(2)12(16)6-11(13)3/h4,6-7H,1,5,8-9H2,2-3H3,(H,19,20). The maximum atomic E-state index is 12.1. The second-order valence-corrected chi connectivity index (χ2v) is 6.48. The molecule has 0 aliphatic rings. The van der Waals surface area contributed by atoms with Crippen molar-refractivity contribution in [3.63, 3.8) is 0 Å². The number of halogens is 1. The van der Waals surface area contributed by atoms with E-state index in [1.165, 1.54) is 22.7 Å². The molecule has 1 aromatic rings. The molecule has 0 unspecified atom stereocenters. The Labute approximate surface area is 137 Å². The Hall–Kier alpha value is -1.27. The fraction of sp³-hybridized carbons (Fsp3) is 0.333. The Morgan fingerprint density at radius 3 is 2.62 bits per heavy atom. The zero-order valence-electron chi connectivity index (χ0n) is 12.1. The number of aliphatic carboxylic acids is 1. The number of rotatable bonds is 7. The van der Waals surface area contributed by atoms with Crippen LogP contribution in [0.4, 0.5) is 0 Å². The van der Waals surface area contributed by atoms with Gasteiger partial charge >= 0.3 is 5.97 Å². The van der Waals surface area contributed by atoms with Crippen molar-refractivity contribution < 1.29 is 14.7 Å². The van der Waals surface area contributed by atoms with Crippen molar-refractivity contribution in [2.24, 2.45) is 0 Å². The number of amides is 1. The molecule has 114 valence electrons. The van der Waals surface area contributed by atoms with E-state index in [4.69, 9.17) is 5.11 Å². The minimum atomic E-state index is -1.02. The summed E-state index contributed by atoms with van der Waals surface area (Å²) < 4.78 is 1.04. The smallest absolute Gasteiger partial charge is 0.323 e. The van der Waals surface area contributed by atoms with E-state index in [-0.39, 0.29) is 24.7 Å². The second-order valence-electron chi connectivity index (χ2n) is 4.61. The highest BCUT2D eigenvalue weighted by Gasteiger charge is 2.16. The molecule has 0 bridgehead atoms. The number of aryl methyl sites for hydroxylation is 2. The van der Waals surface area contributed by atoms with Crippen LogP contribution in [0.5, 0.6) is 0 Å². The van der Waals surface area contributed by atoms with Gasteiger partial charge < -0.3 is 10.0 Å². The third-order valence-electron chi connectivity index (χ3n) is 2.84. The van der Waals surface area contributed by atoms with Crippen molar-refractivity contribution in [2.75, 3.05) is 18.8 Å². The summed E-state index contributed by atoms with van der Waals surface area (Å²) in [5.74, 6) is -1.02. The summed E-state index contributed by atoms with van der Waals surface area (Å²) in [6.45, 7) is 7.46. The molecule has 0 saturated heterocycles. The molecule has 1 rings (SSSR count). The third kappa shape index (κ3) is 5.55. The summed E-state index contributed by atoms with van der Waals surface area (Å²) in [5, 5.41) is 8.82. The van der Waals surface area contributed by atoms with Gasteiger partial charge in [0.25, 0.3) is 0 Å². The molecule has 21 heavy (non-hydrogen) atoms. The Morgan fingerprint density at radius 2 is 2.05 bits per heavy atom. The second kappa shape index (κ2) is 8.24. The maximum Gasteiger partial charge on any atom is 0.323 e. The minimum absolute atomic E-state index is 0.206. The predicted molar refractivity (Wildman–Crippen MR) is 88.8 cm³/mol. The number of benzene rings is 1. The van der Waals surface area contributed by atoms with Gasteiger partial charge in [0.1, 0.15) is 6.54 Å². The van der Waals surface area contributed by atoms with E-state index in [1.54, 1.807) is 0 Å². The summed E-state index contributed by atoms with van der Waals surface area (Å²) in [6, 6.07) is 4.04. The van der Waals surface area contributed by atoms with Crippen LogP contribution >= 0.6 is 27.7 Å². The van der Waals surface area contributed by atoms with E-state index in [9.17, 15) is 9.59 Å². The highest BCUT2D eigenvalue weighted by molar-refractivity contribution is 9.10. The van der Waals surface area contributed by atoms with E-state index >= 15 is 0 Å². The molecule has 0 aliphatic heterocycles. The van der Waals surface area contributed by atoms with Crippen molar-refractivity contribution in [1.29, 1.82) is 0 Å². The fourth-order valence-corrected chi connectivity index (χ4v) is 3.18. The molecule has 0 atom stereocenters. The number of hydrogen-bond donors (Lipinski definition) is 1. The van der Waals surface area contributed by atoms with Crippen LogP contribution in [0.2, 0.25) is 0 Å². The highest BCUT2D eigenvalue weighted by Crippen LogP contribution is 2.28.